The Kier molecular flexibility index (Phi) is 5.39. The quantitative estimate of drug-likeness (QED) is 0.372. The highest BCUT2D eigenvalue weighted by Crippen LogP contribution is 2.34. The number of carbonyl (C=O) groups excluding carboxylic acids is 1. The molecule has 2 aromatic heterocycles. The van der Waals surface area contributed by atoms with Crippen LogP contribution in [0.15, 0.2) is 60.9 Å². The predicted octanol–water partition coefficient (Wildman–Crippen LogP) is 3.90. The Balaban J connectivity index is 1.66. The van der Waals surface area contributed by atoms with Gasteiger partial charge in [-0.15, -0.1) is 5.10 Å². The lowest BCUT2D eigenvalue weighted by Crippen LogP contribution is -2.18. The first kappa shape index (κ1) is 21.1. The summed E-state index contributed by atoms with van der Waals surface area (Å²) < 4.78 is 47.9. The summed E-state index contributed by atoms with van der Waals surface area (Å²) in [7, 11) is 0. The molecule has 0 fully saturated rings. The van der Waals surface area contributed by atoms with Gasteiger partial charge in [-0.05, 0) is 37.3 Å². The van der Waals surface area contributed by atoms with Crippen LogP contribution in [-0.4, -0.2) is 37.4 Å². The van der Waals surface area contributed by atoms with Crippen molar-refractivity contribution >= 4 is 11.7 Å². The maximum Gasteiger partial charge on any atom is 0.434 e. The molecule has 4 rings (SSSR count). The Hall–Kier alpha value is -4.15. The molecule has 2 N–H and O–H groups in total. The van der Waals surface area contributed by atoms with Crippen molar-refractivity contribution in [2.75, 3.05) is 12.3 Å². The average Bonchev–Trinajstić information content (AvgIpc) is 3.42. The van der Waals surface area contributed by atoms with Crippen LogP contribution in [0.5, 0.6) is 0 Å². The zero-order chi connectivity index (χ0) is 22.9. The highest BCUT2D eigenvalue weighted by Gasteiger charge is 2.41. The second-order valence-corrected chi connectivity index (χ2v) is 6.73. The van der Waals surface area contributed by atoms with Gasteiger partial charge in [0.25, 0.3) is 0 Å². The molecular formula is C21H17F3N6O2. The van der Waals surface area contributed by atoms with Crippen LogP contribution in [0.1, 0.15) is 23.0 Å². The molecule has 0 aliphatic rings. The van der Waals surface area contributed by atoms with Crippen molar-refractivity contribution in [3.05, 3.63) is 72.2 Å². The number of alkyl halides is 3. The zero-order valence-electron chi connectivity index (χ0n) is 16.7. The smallest absolute Gasteiger partial charge is 0.434 e. The summed E-state index contributed by atoms with van der Waals surface area (Å²) in [5.74, 6) is -1.08. The van der Waals surface area contributed by atoms with Gasteiger partial charge < -0.3 is 10.5 Å². The monoisotopic (exact) mass is 442 g/mol. The van der Waals surface area contributed by atoms with Crippen molar-refractivity contribution in [1.29, 1.82) is 0 Å². The van der Waals surface area contributed by atoms with E-state index in [1.54, 1.807) is 41.2 Å². The summed E-state index contributed by atoms with van der Waals surface area (Å²) in [5.41, 5.74) is 6.52. The van der Waals surface area contributed by atoms with Gasteiger partial charge >= 0.3 is 12.1 Å². The number of esters is 1. The Morgan fingerprint density at radius 2 is 1.88 bits per heavy atom. The van der Waals surface area contributed by atoms with E-state index in [9.17, 15) is 18.0 Å². The van der Waals surface area contributed by atoms with Gasteiger partial charge in [-0.2, -0.15) is 18.3 Å². The molecule has 32 heavy (non-hydrogen) atoms. The SMILES string of the molecule is CCOC(=O)c1cnn(-c2ccc(-c3cn(-c4cccc(N)c4)nn3)cc2)c1C(F)(F)F. The molecule has 0 atom stereocenters. The molecule has 0 spiro atoms. The molecule has 0 aliphatic carbocycles. The number of ether oxygens (including phenoxy) is 1. The van der Waals surface area contributed by atoms with E-state index in [1.807, 2.05) is 6.07 Å². The maximum atomic E-state index is 13.7. The molecule has 0 bridgehead atoms. The fourth-order valence-electron chi connectivity index (χ4n) is 3.14. The molecule has 11 heteroatoms. The van der Waals surface area contributed by atoms with Crippen LogP contribution in [0.2, 0.25) is 0 Å². The normalized spacial score (nSPS) is 11.5. The highest BCUT2D eigenvalue weighted by atomic mass is 19.4. The number of nitrogens with zero attached hydrogens (tertiary/aromatic N) is 5. The van der Waals surface area contributed by atoms with Crippen LogP contribution in [0, 0.1) is 0 Å². The van der Waals surface area contributed by atoms with E-state index in [0.717, 1.165) is 11.9 Å². The van der Waals surface area contributed by atoms with Gasteiger partial charge in [0, 0.05) is 11.3 Å². The summed E-state index contributed by atoms with van der Waals surface area (Å²) in [6, 6.07) is 13.2. The molecule has 2 aromatic carbocycles. The molecule has 8 nitrogen and oxygen atoms in total. The van der Waals surface area contributed by atoms with Gasteiger partial charge in [-0.25, -0.2) is 14.2 Å². The number of aromatic nitrogens is 5. The summed E-state index contributed by atoms with van der Waals surface area (Å²) >= 11 is 0. The third-order valence-corrected chi connectivity index (χ3v) is 4.57. The summed E-state index contributed by atoms with van der Waals surface area (Å²) in [6.45, 7) is 1.46. The Morgan fingerprint density at radius 1 is 1.12 bits per heavy atom. The van der Waals surface area contributed by atoms with E-state index in [-0.39, 0.29) is 12.3 Å². The summed E-state index contributed by atoms with van der Waals surface area (Å²) in [4.78, 5) is 11.9. The number of hydrogen-bond acceptors (Lipinski definition) is 6. The second-order valence-electron chi connectivity index (χ2n) is 6.73. The first-order valence-corrected chi connectivity index (χ1v) is 9.49. The van der Waals surface area contributed by atoms with E-state index in [0.29, 0.717) is 21.6 Å². The number of hydrogen-bond donors (Lipinski definition) is 1. The van der Waals surface area contributed by atoms with Crippen molar-refractivity contribution in [3.63, 3.8) is 0 Å². The van der Waals surface area contributed by atoms with Crippen molar-refractivity contribution in [3.8, 4) is 22.6 Å². The minimum absolute atomic E-state index is 0.0493. The zero-order valence-corrected chi connectivity index (χ0v) is 16.7. The van der Waals surface area contributed by atoms with E-state index >= 15 is 0 Å². The van der Waals surface area contributed by atoms with Gasteiger partial charge in [0.15, 0.2) is 5.69 Å². The standard InChI is InChI=1S/C21H17F3N6O2/c1-2-32-20(31)17-11-26-30(19(17)21(22,23)24)15-8-6-13(7-9-15)18-12-29(28-27-18)16-5-3-4-14(25)10-16/h3-12H,2,25H2,1H3. The van der Waals surface area contributed by atoms with Crippen LogP contribution < -0.4 is 5.73 Å². The maximum absolute atomic E-state index is 13.7. The topological polar surface area (TPSA) is 101 Å². The number of benzene rings is 2. The van der Waals surface area contributed by atoms with Gasteiger partial charge in [0.1, 0.15) is 11.3 Å². The van der Waals surface area contributed by atoms with Gasteiger partial charge in [0.05, 0.1) is 30.4 Å². The lowest BCUT2D eigenvalue weighted by atomic mass is 10.1. The molecular weight excluding hydrogens is 425 g/mol. The van der Waals surface area contributed by atoms with Crippen LogP contribution in [0.25, 0.3) is 22.6 Å². The third kappa shape index (κ3) is 4.04. The largest absolute Gasteiger partial charge is 0.462 e. The van der Waals surface area contributed by atoms with E-state index in [4.69, 9.17) is 10.5 Å². The first-order valence-electron chi connectivity index (χ1n) is 9.49. The second kappa shape index (κ2) is 8.17. The molecule has 0 saturated carbocycles. The Morgan fingerprint density at radius 3 is 2.53 bits per heavy atom. The Labute approximate surface area is 180 Å². The van der Waals surface area contributed by atoms with Crippen molar-refractivity contribution in [2.45, 2.75) is 13.1 Å². The van der Waals surface area contributed by atoms with E-state index in [2.05, 4.69) is 15.4 Å². The first-order chi connectivity index (χ1) is 15.3. The predicted molar refractivity (Wildman–Crippen MR) is 109 cm³/mol. The summed E-state index contributed by atoms with van der Waals surface area (Å²) in [6.07, 6.45) is -2.28. The van der Waals surface area contributed by atoms with Gasteiger partial charge in [0.2, 0.25) is 0 Å². The minimum atomic E-state index is -4.81. The van der Waals surface area contributed by atoms with Crippen molar-refractivity contribution in [2.24, 2.45) is 0 Å². The van der Waals surface area contributed by atoms with Gasteiger partial charge in [-0.1, -0.05) is 23.4 Å². The molecule has 0 unspecified atom stereocenters. The number of nitrogens with two attached hydrogens (primary N) is 1. The molecule has 0 radical (unpaired) electrons. The molecule has 0 saturated heterocycles. The Bertz CT molecular complexity index is 1260. The molecule has 2 heterocycles. The van der Waals surface area contributed by atoms with Crippen LogP contribution in [0.3, 0.4) is 0 Å². The van der Waals surface area contributed by atoms with Crippen LogP contribution >= 0.6 is 0 Å². The molecule has 4 aromatic rings. The number of anilines is 1. The lowest BCUT2D eigenvalue weighted by Gasteiger charge is -2.12. The van der Waals surface area contributed by atoms with Gasteiger partial charge in [-0.3, -0.25) is 0 Å². The molecule has 164 valence electrons. The van der Waals surface area contributed by atoms with Crippen LogP contribution in [-0.2, 0) is 10.9 Å². The number of halogens is 3. The van der Waals surface area contributed by atoms with Crippen molar-refractivity contribution < 1.29 is 22.7 Å². The number of rotatable bonds is 5. The average molecular weight is 442 g/mol. The molecule has 0 amide bonds. The minimum Gasteiger partial charge on any atom is -0.462 e. The highest BCUT2D eigenvalue weighted by molar-refractivity contribution is 5.90. The molecule has 0 aliphatic heterocycles. The van der Waals surface area contributed by atoms with E-state index < -0.39 is 23.4 Å². The van der Waals surface area contributed by atoms with Crippen molar-refractivity contribution in [1.82, 2.24) is 24.8 Å². The lowest BCUT2D eigenvalue weighted by molar-refractivity contribution is -0.143. The third-order valence-electron chi connectivity index (χ3n) is 4.57. The fourth-order valence-corrected chi connectivity index (χ4v) is 3.14. The van der Waals surface area contributed by atoms with Crippen LogP contribution in [0.4, 0.5) is 18.9 Å². The van der Waals surface area contributed by atoms with E-state index in [1.165, 1.54) is 19.1 Å². The summed E-state index contributed by atoms with van der Waals surface area (Å²) in [5, 5.41) is 11.9. The number of carbonyl (C=O) groups is 1. The number of nitrogen functional groups attached to an aromatic ring is 1. The fraction of sp³-hybridized carbons (Fsp3) is 0.143.